The lowest BCUT2D eigenvalue weighted by molar-refractivity contribution is 0.141. The molecule has 1 fully saturated rings. The summed E-state index contributed by atoms with van der Waals surface area (Å²) in [7, 11) is 0. The van der Waals surface area contributed by atoms with E-state index in [1.165, 1.54) is 45.2 Å². The van der Waals surface area contributed by atoms with Crippen molar-refractivity contribution in [1.29, 1.82) is 0 Å². The van der Waals surface area contributed by atoms with Gasteiger partial charge in [0, 0.05) is 13.1 Å². The third kappa shape index (κ3) is 4.35. The molecule has 0 bridgehead atoms. The van der Waals surface area contributed by atoms with Crippen molar-refractivity contribution in [2.45, 2.75) is 52.5 Å². The van der Waals surface area contributed by atoms with Gasteiger partial charge in [0.15, 0.2) is 0 Å². The zero-order valence-corrected chi connectivity index (χ0v) is 13.2. The fourth-order valence-electron chi connectivity index (χ4n) is 3.42. The zero-order chi connectivity index (χ0) is 14.3. The maximum absolute atomic E-state index is 5.50. The molecule has 3 nitrogen and oxygen atoms in total. The molecule has 1 aromatic rings. The van der Waals surface area contributed by atoms with E-state index in [0.29, 0.717) is 5.41 Å². The molecule has 1 aliphatic rings. The molecule has 1 N–H and O–H groups in total. The molecule has 1 aromatic heterocycles. The monoisotopic (exact) mass is 278 g/mol. The molecule has 0 amide bonds. The summed E-state index contributed by atoms with van der Waals surface area (Å²) in [6.45, 7) is 10.0. The highest BCUT2D eigenvalue weighted by Gasteiger charge is 2.34. The number of nitrogens with one attached hydrogen (secondary N) is 1. The summed E-state index contributed by atoms with van der Waals surface area (Å²) >= 11 is 0. The Morgan fingerprint density at radius 2 is 2.10 bits per heavy atom. The van der Waals surface area contributed by atoms with E-state index in [1.807, 2.05) is 6.07 Å². The van der Waals surface area contributed by atoms with Crippen molar-refractivity contribution in [2.24, 2.45) is 5.41 Å². The molecule has 1 aliphatic carbocycles. The van der Waals surface area contributed by atoms with E-state index in [4.69, 9.17) is 4.42 Å². The Kier molecular flexibility index (Phi) is 6.11. The van der Waals surface area contributed by atoms with Gasteiger partial charge in [0.1, 0.15) is 5.76 Å². The van der Waals surface area contributed by atoms with Crippen LogP contribution in [0.25, 0.3) is 0 Å². The molecule has 0 unspecified atom stereocenters. The van der Waals surface area contributed by atoms with Crippen molar-refractivity contribution < 1.29 is 4.42 Å². The highest BCUT2D eigenvalue weighted by molar-refractivity contribution is 4.99. The maximum Gasteiger partial charge on any atom is 0.117 e. The minimum Gasteiger partial charge on any atom is -0.468 e. The first-order valence-electron chi connectivity index (χ1n) is 8.23. The number of nitrogens with zero attached hydrogens (tertiary/aromatic N) is 1. The number of hydrogen-bond acceptors (Lipinski definition) is 3. The Morgan fingerprint density at radius 3 is 2.70 bits per heavy atom. The maximum atomic E-state index is 5.50. The number of furan rings is 1. The minimum absolute atomic E-state index is 0.484. The lowest BCUT2D eigenvalue weighted by Crippen LogP contribution is -2.42. The van der Waals surface area contributed by atoms with Gasteiger partial charge in [0.25, 0.3) is 0 Å². The molecule has 0 saturated heterocycles. The SMILES string of the molecule is CCCNCC1(CN(CC)Cc2ccco2)CCCC1. The molecule has 2 rings (SSSR count). The van der Waals surface area contributed by atoms with Gasteiger partial charge in [-0.3, -0.25) is 4.90 Å². The van der Waals surface area contributed by atoms with E-state index < -0.39 is 0 Å². The van der Waals surface area contributed by atoms with Gasteiger partial charge in [-0.15, -0.1) is 0 Å². The van der Waals surface area contributed by atoms with Crippen LogP contribution in [0.15, 0.2) is 22.8 Å². The first-order valence-corrected chi connectivity index (χ1v) is 8.23. The normalized spacial score (nSPS) is 17.9. The van der Waals surface area contributed by atoms with Crippen molar-refractivity contribution in [2.75, 3.05) is 26.2 Å². The van der Waals surface area contributed by atoms with Gasteiger partial charge in [-0.2, -0.15) is 0 Å². The third-order valence-electron chi connectivity index (χ3n) is 4.56. The Balaban J connectivity index is 1.91. The topological polar surface area (TPSA) is 28.4 Å². The van der Waals surface area contributed by atoms with Gasteiger partial charge in [-0.1, -0.05) is 26.7 Å². The van der Waals surface area contributed by atoms with Crippen molar-refractivity contribution >= 4 is 0 Å². The lowest BCUT2D eigenvalue weighted by Gasteiger charge is -2.35. The van der Waals surface area contributed by atoms with Gasteiger partial charge in [-0.25, -0.2) is 0 Å². The van der Waals surface area contributed by atoms with Crippen LogP contribution in [0, 0.1) is 5.41 Å². The average molecular weight is 278 g/mol. The van der Waals surface area contributed by atoms with Gasteiger partial charge >= 0.3 is 0 Å². The minimum atomic E-state index is 0.484. The number of hydrogen-bond donors (Lipinski definition) is 1. The third-order valence-corrected chi connectivity index (χ3v) is 4.56. The molecule has 1 heterocycles. The summed E-state index contributed by atoms with van der Waals surface area (Å²) in [4.78, 5) is 2.54. The van der Waals surface area contributed by atoms with Crippen LogP contribution in [0.2, 0.25) is 0 Å². The summed E-state index contributed by atoms with van der Waals surface area (Å²) in [5, 5.41) is 3.66. The number of rotatable bonds is 9. The molecule has 114 valence electrons. The van der Waals surface area contributed by atoms with Crippen LogP contribution in [0.3, 0.4) is 0 Å². The van der Waals surface area contributed by atoms with Crippen LogP contribution in [0.4, 0.5) is 0 Å². The van der Waals surface area contributed by atoms with Crippen LogP contribution in [0.5, 0.6) is 0 Å². The molecule has 0 aromatic carbocycles. The molecule has 0 radical (unpaired) electrons. The van der Waals surface area contributed by atoms with Crippen LogP contribution < -0.4 is 5.32 Å². The fraction of sp³-hybridized carbons (Fsp3) is 0.765. The van der Waals surface area contributed by atoms with Crippen molar-refractivity contribution in [3.63, 3.8) is 0 Å². The predicted octanol–water partition coefficient (Wildman–Crippen LogP) is 3.66. The van der Waals surface area contributed by atoms with Crippen molar-refractivity contribution in [1.82, 2.24) is 10.2 Å². The summed E-state index contributed by atoms with van der Waals surface area (Å²) < 4.78 is 5.50. The van der Waals surface area contributed by atoms with Gasteiger partial charge in [0.2, 0.25) is 0 Å². The summed E-state index contributed by atoms with van der Waals surface area (Å²) in [5.41, 5.74) is 0.484. The summed E-state index contributed by atoms with van der Waals surface area (Å²) in [5.74, 6) is 1.08. The van der Waals surface area contributed by atoms with Crippen molar-refractivity contribution in [3.05, 3.63) is 24.2 Å². The van der Waals surface area contributed by atoms with Crippen LogP contribution >= 0.6 is 0 Å². The molecule has 0 aliphatic heterocycles. The Bertz CT molecular complexity index is 355. The second kappa shape index (κ2) is 7.84. The molecule has 1 saturated carbocycles. The Morgan fingerprint density at radius 1 is 1.30 bits per heavy atom. The smallest absolute Gasteiger partial charge is 0.117 e. The quantitative estimate of drug-likeness (QED) is 0.699. The van der Waals surface area contributed by atoms with Gasteiger partial charge in [-0.05, 0) is 49.9 Å². The molecule has 20 heavy (non-hydrogen) atoms. The van der Waals surface area contributed by atoms with E-state index in [2.05, 4.69) is 30.1 Å². The highest BCUT2D eigenvalue weighted by atomic mass is 16.3. The average Bonchev–Trinajstić information content (AvgIpc) is 3.11. The predicted molar refractivity (Wildman–Crippen MR) is 83.7 cm³/mol. The lowest BCUT2D eigenvalue weighted by atomic mass is 9.85. The zero-order valence-electron chi connectivity index (χ0n) is 13.2. The van der Waals surface area contributed by atoms with Crippen LogP contribution in [-0.2, 0) is 6.54 Å². The molecule has 0 spiro atoms. The standard InChI is InChI=1S/C17H30N2O/c1-3-11-18-14-17(9-5-6-10-17)15-19(4-2)13-16-8-7-12-20-16/h7-8,12,18H,3-6,9-11,13-15H2,1-2H3. The second-order valence-corrected chi connectivity index (χ2v) is 6.27. The Hall–Kier alpha value is -0.800. The first-order chi connectivity index (χ1) is 9.78. The van der Waals surface area contributed by atoms with E-state index in [0.717, 1.165) is 25.4 Å². The largest absolute Gasteiger partial charge is 0.468 e. The fourth-order valence-corrected chi connectivity index (χ4v) is 3.42. The molecule has 3 heteroatoms. The summed E-state index contributed by atoms with van der Waals surface area (Å²) in [6.07, 6.45) is 8.53. The van der Waals surface area contributed by atoms with Gasteiger partial charge < -0.3 is 9.73 Å². The van der Waals surface area contributed by atoms with E-state index >= 15 is 0 Å². The van der Waals surface area contributed by atoms with E-state index in [1.54, 1.807) is 6.26 Å². The van der Waals surface area contributed by atoms with Crippen molar-refractivity contribution in [3.8, 4) is 0 Å². The second-order valence-electron chi connectivity index (χ2n) is 6.27. The molecular formula is C17H30N2O. The Labute approximate surface area is 123 Å². The van der Waals surface area contributed by atoms with Crippen LogP contribution in [0.1, 0.15) is 51.7 Å². The first kappa shape index (κ1) is 15.6. The van der Waals surface area contributed by atoms with Crippen LogP contribution in [-0.4, -0.2) is 31.1 Å². The van der Waals surface area contributed by atoms with E-state index in [-0.39, 0.29) is 0 Å². The summed E-state index contributed by atoms with van der Waals surface area (Å²) in [6, 6.07) is 4.07. The molecule has 0 atom stereocenters. The van der Waals surface area contributed by atoms with E-state index in [9.17, 15) is 0 Å². The highest BCUT2D eigenvalue weighted by Crippen LogP contribution is 2.38. The molecular weight excluding hydrogens is 248 g/mol. The van der Waals surface area contributed by atoms with Gasteiger partial charge in [0.05, 0.1) is 12.8 Å².